The zero-order valence-corrected chi connectivity index (χ0v) is 12.4. The standard InChI is InChI=1S/C16H26N2/c1-12-6-7-15(13(2)10-12)18-9-8-14(11-17-5)16(18,3)4/h6-7,10,14,17H,8-9,11H2,1-5H3. The summed E-state index contributed by atoms with van der Waals surface area (Å²) in [5, 5.41) is 3.33. The van der Waals surface area contributed by atoms with Gasteiger partial charge in [-0.2, -0.15) is 0 Å². The molecule has 2 heteroatoms. The average molecular weight is 246 g/mol. The van der Waals surface area contributed by atoms with Crippen molar-refractivity contribution >= 4 is 5.69 Å². The van der Waals surface area contributed by atoms with Crippen LogP contribution < -0.4 is 10.2 Å². The summed E-state index contributed by atoms with van der Waals surface area (Å²) >= 11 is 0. The molecule has 1 aliphatic heterocycles. The Hall–Kier alpha value is -1.02. The molecule has 0 aromatic heterocycles. The molecule has 1 fully saturated rings. The smallest absolute Gasteiger partial charge is 0.0400 e. The molecule has 1 atom stereocenters. The molecule has 1 aliphatic rings. The topological polar surface area (TPSA) is 15.3 Å². The minimum absolute atomic E-state index is 0.239. The van der Waals surface area contributed by atoms with E-state index in [1.54, 1.807) is 0 Å². The third kappa shape index (κ3) is 2.26. The van der Waals surface area contributed by atoms with Crippen LogP contribution >= 0.6 is 0 Å². The Balaban J connectivity index is 2.29. The van der Waals surface area contributed by atoms with Crippen LogP contribution in [-0.2, 0) is 0 Å². The third-order valence-electron chi connectivity index (χ3n) is 4.49. The Bertz CT molecular complexity index is 423. The van der Waals surface area contributed by atoms with Crippen molar-refractivity contribution in [3.05, 3.63) is 29.3 Å². The van der Waals surface area contributed by atoms with Crippen molar-refractivity contribution in [2.24, 2.45) is 5.92 Å². The maximum absolute atomic E-state index is 3.33. The van der Waals surface area contributed by atoms with Gasteiger partial charge in [0.15, 0.2) is 0 Å². The van der Waals surface area contributed by atoms with Crippen LogP contribution in [0.25, 0.3) is 0 Å². The predicted octanol–water partition coefficient (Wildman–Crippen LogP) is 3.13. The molecule has 0 spiro atoms. The summed E-state index contributed by atoms with van der Waals surface area (Å²) in [5.74, 6) is 0.725. The molecule has 1 N–H and O–H groups in total. The number of hydrogen-bond donors (Lipinski definition) is 1. The molecule has 1 aromatic rings. The van der Waals surface area contributed by atoms with Crippen molar-refractivity contribution in [1.82, 2.24) is 5.32 Å². The maximum Gasteiger partial charge on any atom is 0.0400 e. The summed E-state index contributed by atoms with van der Waals surface area (Å²) in [6, 6.07) is 6.80. The SMILES string of the molecule is CNCC1CCN(c2ccc(C)cc2C)C1(C)C. The number of nitrogens with one attached hydrogen (secondary N) is 1. The Morgan fingerprint density at radius 1 is 1.33 bits per heavy atom. The molecule has 1 unspecified atom stereocenters. The van der Waals surface area contributed by atoms with Crippen LogP contribution in [0.4, 0.5) is 5.69 Å². The van der Waals surface area contributed by atoms with Gasteiger partial charge in [-0.25, -0.2) is 0 Å². The van der Waals surface area contributed by atoms with Crippen LogP contribution in [0, 0.1) is 19.8 Å². The molecule has 2 nitrogen and oxygen atoms in total. The van der Waals surface area contributed by atoms with Gasteiger partial charge in [0.05, 0.1) is 0 Å². The van der Waals surface area contributed by atoms with E-state index in [1.165, 1.54) is 29.8 Å². The van der Waals surface area contributed by atoms with Crippen molar-refractivity contribution in [3.8, 4) is 0 Å². The summed E-state index contributed by atoms with van der Waals surface area (Å²) in [7, 11) is 2.05. The molecule has 2 rings (SSSR count). The second kappa shape index (κ2) is 4.93. The molecule has 100 valence electrons. The summed E-state index contributed by atoms with van der Waals surface area (Å²) in [4.78, 5) is 2.59. The van der Waals surface area contributed by atoms with Crippen molar-refractivity contribution < 1.29 is 0 Å². The van der Waals surface area contributed by atoms with Gasteiger partial charge in [0.2, 0.25) is 0 Å². The van der Waals surface area contributed by atoms with Gasteiger partial charge >= 0.3 is 0 Å². The predicted molar refractivity (Wildman–Crippen MR) is 79.4 cm³/mol. The van der Waals surface area contributed by atoms with Crippen LogP contribution in [0.1, 0.15) is 31.4 Å². The van der Waals surface area contributed by atoms with Gasteiger partial charge < -0.3 is 10.2 Å². The van der Waals surface area contributed by atoms with Crippen LogP contribution in [0.2, 0.25) is 0 Å². The van der Waals surface area contributed by atoms with E-state index in [4.69, 9.17) is 0 Å². The number of rotatable bonds is 3. The summed E-state index contributed by atoms with van der Waals surface area (Å²) in [5.41, 5.74) is 4.39. The number of nitrogens with zero attached hydrogens (tertiary/aromatic N) is 1. The molecule has 0 bridgehead atoms. The first kappa shape index (κ1) is 13.4. The molecule has 1 heterocycles. The Morgan fingerprint density at radius 2 is 2.06 bits per heavy atom. The Labute approximate surface area is 111 Å². The number of benzene rings is 1. The van der Waals surface area contributed by atoms with E-state index >= 15 is 0 Å². The first-order chi connectivity index (χ1) is 8.46. The van der Waals surface area contributed by atoms with Crippen molar-refractivity contribution in [1.29, 1.82) is 0 Å². The van der Waals surface area contributed by atoms with E-state index in [0.29, 0.717) is 0 Å². The zero-order chi connectivity index (χ0) is 13.3. The lowest BCUT2D eigenvalue weighted by atomic mass is 9.88. The lowest BCUT2D eigenvalue weighted by Crippen LogP contribution is -2.45. The van der Waals surface area contributed by atoms with E-state index in [2.05, 4.69) is 63.2 Å². The van der Waals surface area contributed by atoms with E-state index in [1.807, 2.05) is 0 Å². The fraction of sp³-hybridized carbons (Fsp3) is 0.625. The second-order valence-electron chi connectivity index (χ2n) is 6.14. The van der Waals surface area contributed by atoms with Crippen molar-refractivity contribution in [2.75, 3.05) is 25.0 Å². The van der Waals surface area contributed by atoms with E-state index < -0.39 is 0 Å². The molecular formula is C16H26N2. The van der Waals surface area contributed by atoms with E-state index in [9.17, 15) is 0 Å². The van der Waals surface area contributed by atoms with Gasteiger partial charge in [-0.3, -0.25) is 0 Å². The largest absolute Gasteiger partial charge is 0.366 e. The summed E-state index contributed by atoms with van der Waals surface area (Å²) < 4.78 is 0. The second-order valence-corrected chi connectivity index (χ2v) is 6.14. The third-order valence-corrected chi connectivity index (χ3v) is 4.49. The lowest BCUT2D eigenvalue weighted by molar-refractivity contribution is 0.356. The number of aryl methyl sites for hydroxylation is 2. The quantitative estimate of drug-likeness (QED) is 0.881. The highest BCUT2D eigenvalue weighted by atomic mass is 15.2. The minimum Gasteiger partial charge on any atom is -0.366 e. The van der Waals surface area contributed by atoms with Crippen molar-refractivity contribution in [3.63, 3.8) is 0 Å². The fourth-order valence-electron chi connectivity index (χ4n) is 3.28. The Morgan fingerprint density at radius 3 is 2.67 bits per heavy atom. The lowest BCUT2D eigenvalue weighted by Gasteiger charge is -2.38. The van der Waals surface area contributed by atoms with Crippen LogP contribution in [0.5, 0.6) is 0 Å². The van der Waals surface area contributed by atoms with Crippen LogP contribution in [0.3, 0.4) is 0 Å². The molecule has 0 aliphatic carbocycles. The van der Waals surface area contributed by atoms with E-state index in [-0.39, 0.29) is 5.54 Å². The number of anilines is 1. The van der Waals surface area contributed by atoms with Gasteiger partial charge in [0.25, 0.3) is 0 Å². The van der Waals surface area contributed by atoms with Gasteiger partial charge in [-0.1, -0.05) is 17.7 Å². The first-order valence-corrected chi connectivity index (χ1v) is 6.96. The van der Waals surface area contributed by atoms with Gasteiger partial charge in [-0.15, -0.1) is 0 Å². The summed E-state index contributed by atoms with van der Waals surface area (Å²) in [6.07, 6.45) is 1.28. The van der Waals surface area contributed by atoms with Crippen LogP contribution in [-0.4, -0.2) is 25.7 Å². The van der Waals surface area contributed by atoms with Crippen molar-refractivity contribution in [2.45, 2.75) is 39.7 Å². The molecule has 1 saturated heterocycles. The minimum atomic E-state index is 0.239. The maximum atomic E-state index is 3.33. The monoisotopic (exact) mass is 246 g/mol. The van der Waals surface area contributed by atoms with E-state index in [0.717, 1.165) is 12.5 Å². The first-order valence-electron chi connectivity index (χ1n) is 6.96. The van der Waals surface area contributed by atoms with Gasteiger partial charge in [0.1, 0.15) is 0 Å². The molecule has 18 heavy (non-hydrogen) atoms. The molecule has 0 amide bonds. The highest BCUT2D eigenvalue weighted by Crippen LogP contribution is 2.39. The Kier molecular flexibility index (Phi) is 3.67. The molecule has 0 radical (unpaired) electrons. The highest BCUT2D eigenvalue weighted by molar-refractivity contribution is 5.57. The summed E-state index contributed by atoms with van der Waals surface area (Å²) in [6.45, 7) is 11.4. The zero-order valence-electron chi connectivity index (χ0n) is 12.4. The normalized spacial score (nSPS) is 22.5. The van der Waals surface area contributed by atoms with Gasteiger partial charge in [-0.05, 0) is 65.3 Å². The fourth-order valence-corrected chi connectivity index (χ4v) is 3.28. The molecule has 0 saturated carbocycles. The number of hydrogen-bond acceptors (Lipinski definition) is 2. The van der Waals surface area contributed by atoms with Crippen LogP contribution in [0.15, 0.2) is 18.2 Å². The molecular weight excluding hydrogens is 220 g/mol. The van der Waals surface area contributed by atoms with Gasteiger partial charge in [0, 0.05) is 17.8 Å². The highest BCUT2D eigenvalue weighted by Gasteiger charge is 2.41. The average Bonchev–Trinajstić information content (AvgIpc) is 2.56. The molecule has 1 aromatic carbocycles.